The highest BCUT2D eigenvalue weighted by Crippen LogP contribution is 2.19. The zero-order valence-electron chi connectivity index (χ0n) is 9.53. The van der Waals surface area contributed by atoms with Gasteiger partial charge < -0.3 is 4.98 Å². The molecule has 3 nitrogen and oxygen atoms in total. The van der Waals surface area contributed by atoms with E-state index >= 15 is 0 Å². The number of nitrogens with zero attached hydrogens (tertiary/aromatic N) is 2. The van der Waals surface area contributed by atoms with Crippen LogP contribution < -0.4 is 0 Å². The van der Waals surface area contributed by atoms with Crippen molar-refractivity contribution in [2.75, 3.05) is 0 Å². The Hall–Kier alpha value is -1.55. The van der Waals surface area contributed by atoms with Crippen LogP contribution in [0.2, 0.25) is 0 Å². The molecule has 2 aromatic heterocycles. The summed E-state index contributed by atoms with van der Waals surface area (Å²) in [6, 6.07) is 1.94. The molecule has 0 saturated carbocycles. The molecule has 82 valence electrons. The van der Waals surface area contributed by atoms with Gasteiger partial charge in [-0.3, -0.25) is 4.98 Å². The van der Waals surface area contributed by atoms with Gasteiger partial charge in [0.15, 0.2) is 0 Å². The molecule has 0 aliphatic rings. The molecule has 0 fully saturated rings. The van der Waals surface area contributed by atoms with Gasteiger partial charge in [0.1, 0.15) is 10.5 Å². The van der Waals surface area contributed by atoms with Gasteiger partial charge in [-0.15, -0.1) is 0 Å². The largest absolute Gasteiger partial charge is 0.343 e. The van der Waals surface area contributed by atoms with Gasteiger partial charge in [0.05, 0.1) is 0 Å². The van der Waals surface area contributed by atoms with Crippen LogP contribution in [0.4, 0.5) is 0 Å². The number of H-pyrrole nitrogens is 1. The van der Waals surface area contributed by atoms with Gasteiger partial charge in [0.2, 0.25) is 0 Å². The highest BCUT2D eigenvalue weighted by atomic mass is 32.1. The Bertz CT molecular complexity index is 587. The fourth-order valence-electron chi connectivity index (χ4n) is 1.51. The van der Waals surface area contributed by atoms with E-state index in [-0.39, 0.29) is 0 Å². The predicted octanol–water partition coefficient (Wildman–Crippen LogP) is 3.13. The normalized spacial score (nSPS) is 10.4. The average Bonchev–Trinajstić information content (AvgIpc) is 2.26. The summed E-state index contributed by atoms with van der Waals surface area (Å²) in [5, 5.41) is 0. The van der Waals surface area contributed by atoms with Crippen molar-refractivity contribution >= 4 is 12.2 Å². The summed E-state index contributed by atoms with van der Waals surface area (Å²) in [6.07, 6.45) is 3.58. The third kappa shape index (κ3) is 1.88. The smallest absolute Gasteiger partial charge is 0.139 e. The van der Waals surface area contributed by atoms with Gasteiger partial charge in [-0.1, -0.05) is 12.2 Å². The molecule has 0 amide bonds. The topological polar surface area (TPSA) is 41.6 Å². The number of aromatic nitrogens is 3. The Morgan fingerprint density at radius 1 is 1.25 bits per heavy atom. The van der Waals surface area contributed by atoms with E-state index in [1.165, 1.54) is 0 Å². The van der Waals surface area contributed by atoms with Crippen LogP contribution in [0.25, 0.3) is 11.4 Å². The van der Waals surface area contributed by atoms with E-state index in [2.05, 4.69) is 15.0 Å². The molecule has 2 rings (SSSR count). The molecule has 1 N–H and O–H groups in total. The predicted molar refractivity (Wildman–Crippen MR) is 66.9 cm³/mol. The molecule has 0 saturated heterocycles. The number of aromatic amines is 1. The summed E-state index contributed by atoms with van der Waals surface area (Å²) in [6.45, 7) is 5.99. The van der Waals surface area contributed by atoms with E-state index in [0.29, 0.717) is 4.64 Å². The van der Waals surface area contributed by atoms with Gasteiger partial charge in [0, 0.05) is 29.2 Å². The molecule has 0 unspecified atom stereocenters. The molecular formula is C12H13N3S. The SMILES string of the molecule is Cc1cnccc1-c1nc(=S)c(C)c(C)[nH]1. The lowest BCUT2D eigenvalue weighted by Crippen LogP contribution is -1.97. The number of rotatable bonds is 1. The molecular weight excluding hydrogens is 218 g/mol. The third-order valence-corrected chi connectivity index (χ3v) is 3.08. The van der Waals surface area contributed by atoms with Crippen LogP contribution in [0.5, 0.6) is 0 Å². The second-order valence-electron chi connectivity index (χ2n) is 3.83. The van der Waals surface area contributed by atoms with Gasteiger partial charge >= 0.3 is 0 Å². The zero-order valence-corrected chi connectivity index (χ0v) is 10.4. The minimum Gasteiger partial charge on any atom is -0.343 e. The molecule has 0 aliphatic heterocycles. The first-order valence-corrected chi connectivity index (χ1v) is 5.49. The van der Waals surface area contributed by atoms with Gasteiger partial charge in [-0.25, -0.2) is 4.98 Å². The van der Waals surface area contributed by atoms with Crippen LogP contribution in [-0.2, 0) is 0 Å². The first-order chi connectivity index (χ1) is 7.59. The fraction of sp³-hybridized carbons (Fsp3) is 0.250. The highest BCUT2D eigenvalue weighted by molar-refractivity contribution is 7.71. The van der Waals surface area contributed by atoms with E-state index in [0.717, 1.165) is 28.2 Å². The number of pyridine rings is 1. The molecule has 0 aliphatic carbocycles. The van der Waals surface area contributed by atoms with E-state index in [4.69, 9.17) is 12.2 Å². The Kier molecular flexibility index (Phi) is 2.83. The van der Waals surface area contributed by atoms with Crippen LogP contribution in [0.1, 0.15) is 16.8 Å². The third-order valence-electron chi connectivity index (χ3n) is 2.68. The number of hydrogen-bond acceptors (Lipinski definition) is 3. The second kappa shape index (κ2) is 4.14. The molecule has 0 spiro atoms. The van der Waals surface area contributed by atoms with Gasteiger partial charge in [-0.05, 0) is 32.4 Å². The Morgan fingerprint density at radius 3 is 2.62 bits per heavy atom. The molecule has 0 atom stereocenters. The molecule has 0 aromatic carbocycles. The van der Waals surface area contributed by atoms with Gasteiger partial charge in [0.25, 0.3) is 0 Å². The summed E-state index contributed by atoms with van der Waals surface area (Å²) < 4.78 is 0.655. The Balaban J connectivity index is 2.67. The summed E-state index contributed by atoms with van der Waals surface area (Å²) in [7, 11) is 0. The van der Waals surface area contributed by atoms with Gasteiger partial charge in [-0.2, -0.15) is 0 Å². The first-order valence-electron chi connectivity index (χ1n) is 5.08. The Morgan fingerprint density at radius 2 is 2.00 bits per heavy atom. The van der Waals surface area contributed by atoms with E-state index in [9.17, 15) is 0 Å². The molecule has 4 heteroatoms. The van der Waals surface area contributed by atoms with E-state index in [1.54, 1.807) is 6.20 Å². The summed E-state index contributed by atoms with van der Waals surface area (Å²) in [4.78, 5) is 11.7. The van der Waals surface area contributed by atoms with Crippen LogP contribution in [-0.4, -0.2) is 15.0 Å². The van der Waals surface area contributed by atoms with Crippen molar-refractivity contribution < 1.29 is 0 Å². The lowest BCUT2D eigenvalue weighted by Gasteiger charge is -2.07. The molecule has 2 heterocycles. The van der Waals surface area contributed by atoms with Crippen molar-refractivity contribution in [1.82, 2.24) is 15.0 Å². The summed E-state index contributed by atoms with van der Waals surface area (Å²) in [5.74, 6) is 0.813. The fourth-order valence-corrected chi connectivity index (χ4v) is 1.76. The van der Waals surface area contributed by atoms with Crippen molar-refractivity contribution in [2.45, 2.75) is 20.8 Å². The maximum absolute atomic E-state index is 5.22. The minimum atomic E-state index is 0.655. The maximum atomic E-state index is 5.22. The van der Waals surface area contributed by atoms with Crippen molar-refractivity contribution in [3.63, 3.8) is 0 Å². The quantitative estimate of drug-likeness (QED) is 0.767. The second-order valence-corrected chi connectivity index (χ2v) is 4.22. The van der Waals surface area contributed by atoms with Crippen LogP contribution in [0.3, 0.4) is 0 Å². The minimum absolute atomic E-state index is 0.655. The lowest BCUT2D eigenvalue weighted by atomic mass is 10.1. The van der Waals surface area contributed by atoms with Crippen LogP contribution in [0.15, 0.2) is 18.5 Å². The van der Waals surface area contributed by atoms with Crippen molar-refractivity contribution in [3.05, 3.63) is 39.9 Å². The van der Waals surface area contributed by atoms with Crippen molar-refractivity contribution in [1.29, 1.82) is 0 Å². The summed E-state index contributed by atoms with van der Waals surface area (Å²) >= 11 is 5.22. The standard InChI is InChI=1S/C12H13N3S/c1-7-6-13-5-4-10(7)11-14-9(3)8(2)12(16)15-11/h4-6H,1-3H3,(H,14,15,16). The monoisotopic (exact) mass is 231 g/mol. The van der Waals surface area contributed by atoms with E-state index < -0.39 is 0 Å². The Labute approximate surface area is 99.6 Å². The maximum Gasteiger partial charge on any atom is 0.139 e. The zero-order chi connectivity index (χ0) is 11.7. The summed E-state index contributed by atoms with van der Waals surface area (Å²) in [5.41, 5.74) is 4.23. The van der Waals surface area contributed by atoms with Crippen LogP contribution >= 0.6 is 12.2 Å². The van der Waals surface area contributed by atoms with Crippen LogP contribution in [0, 0.1) is 25.4 Å². The van der Waals surface area contributed by atoms with Crippen molar-refractivity contribution in [3.8, 4) is 11.4 Å². The number of nitrogens with one attached hydrogen (secondary N) is 1. The number of hydrogen-bond donors (Lipinski definition) is 1. The molecule has 2 aromatic rings. The van der Waals surface area contributed by atoms with E-state index in [1.807, 2.05) is 33.0 Å². The average molecular weight is 231 g/mol. The molecule has 0 radical (unpaired) electrons. The molecule has 16 heavy (non-hydrogen) atoms. The number of aryl methyl sites for hydroxylation is 2. The lowest BCUT2D eigenvalue weighted by molar-refractivity contribution is 1.05. The van der Waals surface area contributed by atoms with Crippen molar-refractivity contribution in [2.24, 2.45) is 0 Å². The highest BCUT2D eigenvalue weighted by Gasteiger charge is 2.06. The molecule has 0 bridgehead atoms. The first kappa shape index (κ1) is 11.0.